The van der Waals surface area contributed by atoms with E-state index in [4.69, 9.17) is 17.3 Å². The lowest BCUT2D eigenvalue weighted by atomic mass is 10.1. The number of halogens is 1. The maximum absolute atomic E-state index is 12.3. The van der Waals surface area contributed by atoms with Gasteiger partial charge in [-0.1, -0.05) is 30.7 Å². The van der Waals surface area contributed by atoms with Crippen LogP contribution in [0.3, 0.4) is 0 Å². The van der Waals surface area contributed by atoms with Crippen LogP contribution in [0.2, 0.25) is 5.02 Å². The van der Waals surface area contributed by atoms with Gasteiger partial charge in [-0.25, -0.2) is 0 Å². The standard InChI is InChI=1S/C14H15ClN2OS/c1-2-11(12-7-4-8-19-12)17-14(18)13-9(15)5-3-6-10(13)16/h3-8,11H,2,16H2,1H3,(H,17,18). The van der Waals surface area contributed by atoms with Crippen molar-refractivity contribution in [2.75, 3.05) is 5.73 Å². The number of hydrogen-bond donors (Lipinski definition) is 2. The fourth-order valence-electron chi connectivity index (χ4n) is 1.87. The Morgan fingerprint density at radius 1 is 1.42 bits per heavy atom. The van der Waals surface area contributed by atoms with Crippen molar-refractivity contribution >= 4 is 34.5 Å². The Labute approximate surface area is 121 Å². The summed E-state index contributed by atoms with van der Waals surface area (Å²) < 4.78 is 0. The summed E-state index contributed by atoms with van der Waals surface area (Å²) in [4.78, 5) is 13.4. The SMILES string of the molecule is CCC(NC(=O)c1c(N)cccc1Cl)c1cccs1. The quantitative estimate of drug-likeness (QED) is 0.841. The van der Waals surface area contributed by atoms with Gasteiger partial charge in [0.05, 0.1) is 16.6 Å². The Bertz CT molecular complexity index is 549. The Kier molecular flexibility index (Phi) is 4.45. The van der Waals surface area contributed by atoms with Crippen molar-refractivity contribution < 1.29 is 4.79 Å². The van der Waals surface area contributed by atoms with Gasteiger partial charge in [0.15, 0.2) is 0 Å². The third-order valence-corrected chi connectivity index (χ3v) is 4.17. The van der Waals surface area contributed by atoms with Crippen molar-refractivity contribution in [1.82, 2.24) is 5.32 Å². The van der Waals surface area contributed by atoms with Gasteiger partial charge in [0.1, 0.15) is 0 Å². The van der Waals surface area contributed by atoms with E-state index in [0.29, 0.717) is 16.3 Å². The van der Waals surface area contributed by atoms with E-state index in [2.05, 4.69) is 5.32 Å². The fraction of sp³-hybridized carbons (Fsp3) is 0.214. The fourth-order valence-corrected chi connectivity index (χ4v) is 3.00. The number of thiophene rings is 1. The van der Waals surface area contributed by atoms with Crippen LogP contribution in [-0.4, -0.2) is 5.91 Å². The van der Waals surface area contributed by atoms with E-state index in [1.165, 1.54) is 0 Å². The second-order valence-electron chi connectivity index (χ2n) is 4.15. The molecule has 1 heterocycles. The molecule has 1 aromatic heterocycles. The molecule has 5 heteroatoms. The molecule has 0 bridgehead atoms. The minimum absolute atomic E-state index is 0.0110. The highest BCUT2D eigenvalue weighted by molar-refractivity contribution is 7.10. The molecule has 1 atom stereocenters. The Morgan fingerprint density at radius 3 is 2.79 bits per heavy atom. The van der Waals surface area contributed by atoms with Gasteiger partial charge in [-0.2, -0.15) is 0 Å². The first kappa shape index (κ1) is 13.9. The zero-order valence-corrected chi connectivity index (χ0v) is 12.1. The van der Waals surface area contributed by atoms with Crippen molar-refractivity contribution in [3.63, 3.8) is 0 Å². The lowest BCUT2D eigenvalue weighted by molar-refractivity contribution is 0.0937. The number of nitrogens with one attached hydrogen (secondary N) is 1. The van der Waals surface area contributed by atoms with E-state index >= 15 is 0 Å². The number of carbonyl (C=O) groups is 1. The molecule has 0 saturated heterocycles. The minimum Gasteiger partial charge on any atom is -0.398 e. The van der Waals surface area contributed by atoms with Gasteiger partial charge in [0.25, 0.3) is 5.91 Å². The molecule has 0 aliphatic heterocycles. The number of nitrogens with two attached hydrogens (primary N) is 1. The third kappa shape index (κ3) is 3.08. The van der Waals surface area contributed by atoms with E-state index in [1.54, 1.807) is 29.5 Å². The molecule has 0 saturated carbocycles. The average molecular weight is 295 g/mol. The number of nitrogen functional groups attached to an aromatic ring is 1. The third-order valence-electron chi connectivity index (χ3n) is 2.87. The highest BCUT2D eigenvalue weighted by Crippen LogP contribution is 2.25. The van der Waals surface area contributed by atoms with Crippen LogP contribution >= 0.6 is 22.9 Å². The molecular formula is C14H15ClN2OS. The second-order valence-corrected chi connectivity index (χ2v) is 5.54. The molecule has 0 fully saturated rings. The van der Waals surface area contributed by atoms with Crippen molar-refractivity contribution in [1.29, 1.82) is 0 Å². The van der Waals surface area contributed by atoms with E-state index < -0.39 is 0 Å². The molecule has 19 heavy (non-hydrogen) atoms. The lowest BCUT2D eigenvalue weighted by Gasteiger charge is -2.16. The van der Waals surface area contributed by atoms with Gasteiger partial charge in [0.2, 0.25) is 0 Å². The molecule has 1 unspecified atom stereocenters. The van der Waals surface area contributed by atoms with E-state index in [9.17, 15) is 4.79 Å². The summed E-state index contributed by atoms with van der Waals surface area (Å²) in [5.74, 6) is -0.233. The van der Waals surface area contributed by atoms with Crippen LogP contribution in [0, 0.1) is 0 Å². The lowest BCUT2D eigenvalue weighted by Crippen LogP contribution is -2.28. The molecule has 100 valence electrons. The maximum atomic E-state index is 12.3. The van der Waals surface area contributed by atoms with Crippen LogP contribution in [0.5, 0.6) is 0 Å². The van der Waals surface area contributed by atoms with E-state index in [1.807, 2.05) is 24.4 Å². The van der Waals surface area contributed by atoms with E-state index in [-0.39, 0.29) is 11.9 Å². The van der Waals surface area contributed by atoms with Gasteiger partial charge in [-0.15, -0.1) is 11.3 Å². The first-order chi connectivity index (χ1) is 9.13. The normalized spacial score (nSPS) is 12.1. The maximum Gasteiger partial charge on any atom is 0.255 e. The molecule has 0 aliphatic carbocycles. The van der Waals surface area contributed by atoms with Crippen LogP contribution in [0.4, 0.5) is 5.69 Å². The number of rotatable bonds is 4. The summed E-state index contributed by atoms with van der Waals surface area (Å²) >= 11 is 7.66. The van der Waals surface area contributed by atoms with Crippen LogP contribution in [-0.2, 0) is 0 Å². The molecule has 0 aliphatic rings. The molecule has 3 N–H and O–H groups in total. The first-order valence-electron chi connectivity index (χ1n) is 6.01. The first-order valence-corrected chi connectivity index (χ1v) is 7.27. The number of benzene rings is 1. The Balaban J connectivity index is 2.21. The summed E-state index contributed by atoms with van der Waals surface area (Å²) in [6.45, 7) is 2.03. The smallest absolute Gasteiger partial charge is 0.255 e. The molecule has 2 aromatic rings. The van der Waals surface area contributed by atoms with Gasteiger partial charge < -0.3 is 11.1 Å². The van der Waals surface area contributed by atoms with Crippen LogP contribution in [0.25, 0.3) is 0 Å². The molecule has 2 rings (SSSR count). The second kappa shape index (κ2) is 6.08. The Morgan fingerprint density at radius 2 is 2.21 bits per heavy atom. The predicted octanol–water partition coefficient (Wildman–Crippen LogP) is 3.86. The minimum atomic E-state index is -0.233. The average Bonchev–Trinajstić information content (AvgIpc) is 2.89. The highest BCUT2D eigenvalue weighted by Gasteiger charge is 2.18. The van der Waals surface area contributed by atoms with E-state index in [0.717, 1.165) is 11.3 Å². The van der Waals surface area contributed by atoms with Gasteiger partial charge in [0, 0.05) is 10.6 Å². The zero-order chi connectivity index (χ0) is 13.8. The van der Waals surface area contributed by atoms with Gasteiger partial charge >= 0.3 is 0 Å². The van der Waals surface area contributed by atoms with Crippen LogP contribution in [0.15, 0.2) is 35.7 Å². The monoisotopic (exact) mass is 294 g/mol. The largest absolute Gasteiger partial charge is 0.398 e. The topological polar surface area (TPSA) is 55.1 Å². The van der Waals surface area contributed by atoms with Crippen molar-refractivity contribution in [2.24, 2.45) is 0 Å². The van der Waals surface area contributed by atoms with Crippen LogP contribution < -0.4 is 11.1 Å². The number of carbonyl (C=O) groups excluding carboxylic acids is 1. The summed E-state index contributed by atoms with van der Waals surface area (Å²) in [6.07, 6.45) is 0.816. The number of amides is 1. The van der Waals surface area contributed by atoms with Gasteiger partial charge in [-0.3, -0.25) is 4.79 Å². The summed E-state index contributed by atoms with van der Waals surface area (Å²) in [5, 5.41) is 5.34. The highest BCUT2D eigenvalue weighted by atomic mass is 35.5. The molecule has 1 amide bonds. The Hall–Kier alpha value is -1.52. The summed E-state index contributed by atoms with van der Waals surface area (Å²) in [6, 6.07) is 9.04. The van der Waals surface area contributed by atoms with Crippen LogP contribution in [0.1, 0.15) is 34.6 Å². The molecule has 0 radical (unpaired) electrons. The molecule has 0 spiro atoms. The summed E-state index contributed by atoms with van der Waals surface area (Å²) in [5.41, 5.74) is 6.56. The summed E-state index contributed by atoms with van der Waals surface area (Å²) in [7, 11) is 0. The van der Waals surface area contributed by atoms with Crippen molar-refractivity contribution in [2.45, 2.75) is 19.4 Å². The molecular weight excluding hydrogens is 280 g/mol. The molecule has 3 nitrogen and oxygen atoms in total. The van der Waals surface area contributed by atoms with Gasteiger partial charge in [-0.05, 0) is 30.0 Å². The van der Waals surface area contributed by atoms with Crippen molar-refractivity contribution in [3.05, 3.63) is 51.2 Å². The predicted molar refractivity (Wildman–Crippen MR) is 80.7 cm³/mol. The number of hydrogen-bond acceptors (Lipinski definition) is 3. The number of anilines is 1. The zero-order valence-electron chi connectivity index (χ0n) is 10.5. The molecule has 1 aromatic carbocycles. The van der Waals surface area contributed by atoms with Crippen molar-refractivity contribution in [3.8, 4) is 0 Å².